The molecule has 0 aliphatic rings. The minimum Gasteiger partial charge on any atom is -0.398 e. The van der Waals surface area contributed by atoms with E-state index >= 15 is 0 Å². The lowest BCUT2D eigenvalue weighted by Gasteiger charge is -2.11. The predicted molar refractivity (Wildman–Crippen MR) is 74.8 cm³/mol. The molecule has 0 fully saturated rings. The van der Waals surface area contributed by atoms with Crippen LogP contribution >= 0.6 is 0 Å². The number of hydrogen-bond donors (Lipinski definition) is 3. The summed E-state index contributed by atoms with van der Waals surface area (Å²) in [6.45, 7) is 4.59. The Labute approximate surface area is 108 Å². The number of aliphatic hydroxyl groups excluding tert-OH is 1. The normalized spacial score (nSPS) is 12.2. The van der Waals surface area contributed by atoms with Crippen molar-refractivity contribution in [1.29, 1.82) is 0 Å². The molecule has 4 nitrogen and oxygen atoms in total. The summed E-state index contributed by atoms with van der Waals surface area (Å²) in [5.41, 5.74) is 7.71. The van der Waals surface area contributed by atoms with Gasteiger partial charge in [-0.3, -0.25) is 4.79 Å². The van der Waals surface area contributed by atoms with Crippen LogP contribution in [0.2, 0.25) is 0 Å². The molecule has 0 saturated carbocycles. The second-order valence-electron chi connectivity index (χ2n) is 4.71. The molecule has 0 amide bonds. The molecule has 0 aliphatic carbocycles. The fraction of sp³-hybridized carbons (Fsp3) is 0.500. The van der Waals surface area contributed by atoms with Crippen LogP contribution in [0.5, 0.6) is 0 Å². The summed E-state index contributed by atoms with van der Waals surface area (Å²) < 4.78 is 0. The summed E-state index contributed by atoms with van der Waals surface area (Å²) in [6.07, 6.45) is 1.97. The molecule has 0 saturated heterocycles. The lowest BCUT2D eigenvalue weighted by Crippen LogP contribution is -2.07. The van der Waals surface area contributed by atoms with E-state index in [-0.39, 0.29) is 12.4 Å². The summed E-state index contributed by atoms with van der Waals surface area (Å²) in [5, 5.41) is 12.2. The Morgan fingerprint density at radius 2 is 2.22 bits per heavy atom. The van der Waals surface area contributed by atoms with Crippen LogP contribution in [0.1, 0.15) is 37.0 Å². The molecule has 1 atom stereocenters. The zero-order chi connectivity index (χ0) is 13.5. The van der Waals surface area contributed by atoms with Crippen LogP contribution < -0.4 is 11.1 Å². The van der Waals surface area contributed by atoms with Crippen LogP contribution in [0.25, 0.3) is 0 Å². The average Bonchev–Trinajstić information content (AvgIpc) is 2.35. The number of anilines is 2. The minimum absolute atomic E-state index is 0.0231. The van der Waals surface area contributed by atoms with Crippen molar-refractivity contribution in [3.63, 3.8) is 0 Å². The summed E-state index contributed by atoms with van der Waals surface area (Å²) in [7, 11) is 0. The molecule has 0 radical (unpaired) electrons. The van der Waals surface area contributed by atoms with Gasteiger partial charge in [-0.25, -0.2) is 0 Å². The maximum atomic E-state index is 11.3. The van der Waals surface area contributed by atoms with Gasteiger partial charge in [0, 0.05) is 30.1 Å². The van der Waals surface area contributed by atoms with Gasteiger partial charge in [0.15, 0.2) is 5.78 Å². The van der Waals surface area contributed by atoms with E-state index in [2.05, 4.69) is 5.32 Å². The monoisotopic (exact) mass is 250 g/mol. The molecule has 0 bridgehead atoms. The highest BCUT2D eigenvalue weighted by atomic mass is 16.3. The number of rotatable bonds is 7. The number of benzene rings is 1. The third kappa shape index (κ3) is 4.37. The molecule has 4 heteroatoms. The van der Waals surface area contributed by atoms with E-state index in [0.29, 0.717) is 17.2 Å². The zero-order valence-electron chi connectivity index (χ0n) is 11.1. The van der Waals surface area contributed by atoms with Crippen LogP contribution in [0, 0.1) is 5.92 Å². The van der Waals surface area contributed by atoms with E-state index < -0.39 is 0 Å². The van der Waals surface area contributed by atoms with E-state index in [4.69, 9.17) is 10.8 Å². The molecular formula is C14H22N2O2. The molecule has 0 aromatic heterocycles. The molecule has 1 aromatic rings. The van der Waals surface area contributed by atoms with Crippen molar-refractivity contribution in [1.82, 2.24) is 0 Å². The maximum absolute atomic E-state index is 11.3. The standard InChI is InChI=1S/C14H22N2O2/c1-10(9-17)4-3-7-16-12-5-6-14(15)13(8-12)11(2)18/h5-6,8,10,16-17H,3-4,7,9,15H2,1-2H3. The largest absolute Gasteiger partial charge is 0.398 e. The van der Waals surface area contributed by atoms with Crippen LogP contribution in [-0.4, -0.2) is 24.0 Å². The molecular weight excluding hydrogens is 228 g/mol. The Bertz CT molecular complexity index is 405. The van der Waals surface area contributed by atoms with Gasteiger partial charge in [-0.1, -0.05) is 6.92 Å². The van der Waals surface area contributed by atoms with E-state index in [9.17, 15) is 4.79 Å². The average molecular weight is 250 g/mol. The molecule has 0 aliphatic heterocycles. The van der Waals surface area contributed by atoms with Crippen molar-refractivity contribution in [2.45, 2.75) is 26.7 Å². The lowest BCUT2D eigenvalue weighted by molar-refractivity contribution is 0.101. The Morgan fingerprint density at radius 1 is 1.50 bits per heavy atom. The predicted octanol–water partition coefficient (Wildman–Crippen LogP) is 2.29. The van der Waals surface area contributed by atoms with Gasteiger partial charge < -0.3 is 16.2 Å². The second kappa shape index (κ2) is 7.01. The smallest absolute Gasteiger partial charge is 0.161 e. The first-order chi connectivity index (χ1) is 8.54. The van der Waals surface area contributed by atoms with Crippen molar-refractivity contribution in [3.05, 3.63) is 23.8 Å². The highest BCUT2D eigenvalue weighted by molar-refractivity contribution is 5.99. The number of ketones is 1. The summed E-state index contributed by atoms with van der Waals surface area (Å²) in [5.74, 6) is 0.316. The van der Waals surface area contributed by atoms with Gasteiger partial charge in [0.05, 0.1) is 0 Å². The molecule has 18 heavy (non-hydrogen) atoms. The number of hydrogen-bond acceptors (Lipinski definition) is 4. The molecule has 100 valence electrons. The number of nitrogen functional groups attached to an aromatic ring is 1. The van der Waals surface area contributed by atoms with Crippen molar-refractivity contribution in [3.8, 4) is 0 Å². The second-order valence-corrected chi connectivity index (χ2v) is 4.71. The number of nitrogens with two attached hydrogens (primary N) is 1. The van der Waals surface area contributed by atoms with Crippen LogP contribution in [0.4, 0.5) is 11.4 Å². The molecule has 1 aromatic carbocycles. The number of carbonyl (C=O) groups excluding carboxylic acids is 1. The van der Waals surface area contributed by atoms with E-state index in [1.54, 1.807) is 12.1 Å². The van der Waals surface area contributed by atoms with Gasteiger partial charge >= 0.3 is 0 Å². The van der Waals surface area contributed by atoms with Gasteiger partial charge in [0.25, 0.3) is 0 Å². The van der Waals surface area contributed by atoms with Gasteiger partial charge in [-0.2, -0.15) is 0 Å². The van der Waals surface area contributed by atoms with Crippen molar-refractivity contribution in [2.24, 2.45) is 5.92 Å². The number of carbonyl (C=O) groups is 1. The Morgan fingerprint density at radius 3 is 2.83 bits per heavy atom. The third-order valence-electron chi connectivity index (χ3n) is 2.95. The quantitative estimate of drug-likeness (QED) is 0.394. The Balaban J connectivity index is 2.48. The SMILES string of the molecule is CC(=O)c1cc(NCCCC(C)CO)ccc1N. The van der Waals surface area contributed by atoms with Crippen molar-refractivity contribution >= 4 is 17.2 Å². The van der Waals surface area contributed by atoms with Crippen LogP contribution in [-0.2, 0) is 0 Å². The first-order valence-corrected chi connectivity index (χ1v) is 6.29. The summed E-state index contributed by atoms with van der Waals surface area (Å²) in [6, 6.07) is 5.40. The van der Waals surface area contributed by atoms with Crippen molar-refractivity contribution in [2.75, 3.05) is 24.2 Å². The Hall–Kier alpha value is -1.55. The Kier molecular flexibility index (Phi) is 5.65. The highest BCUT2D eigenvalue weighted by Gasteiger charge is 2.05. The lowest BCUT2D eigenvalue weighted by atomic mass is 10.1. The van der Waals surface area contributed by atoms with Crippen LogP contribution in [0.15, 0.2) is 18.2 Å². The van der Waals surface area contributed by atoms with Gasteiger partial charge in [0.1, 0.15) is 0 Å². The highest BCUT2D eigenvalue weighted by Crippen LogP contribution is 2.18. The first kappa shape index (κ1) is 14.5. The van der Waals surface area contributed by atoms with Crippen molar-refractivity contribution < 1.29 is 9.90 Å². The van der Waals surface area contributed by atoms with E-state index in [1.165, 1.54) is 6.92 Å². The molecule has 1 unspecified atom stereocenters. The minimum atomic E-state index is -0.0231. The van der Waals surface area contributed by atoms with Gasteiger partial charge in [-0.15, -0.1) is 0 Å². The topological polar surface area (TPSA) is 75.3 Å². The molecule has 0 spiro atoms. The fourth-order valence-corrected chi connectivity index (χ4v) is 1.75. The molecule has 0 heterocycles. The zero-order valence-corrected chi connectivity index (χ0v) is 11.1. The summed E-state index contributed by atoms with van der Waals surface area (Å²) >= 11 is 0. The third-order valence-corrected chi connectivity index (χ3v) is 2.95. The first-order valence-electron chi connectivity index (χ1n) is 6.29. The van der Waals surface area contributed by atoms with E-state index in [0.717, 1.165) is 25.1 Å². The molecule has 1 rings (SSSR count). The van der Waals surface area contributed by atoms with Gasteiger partial charge in [0.2, 0.25) is 0 Å². The molecule has 4 N–H and O–H groups in total. The maximum Gasteiger partial charge on any atom is 0.161 e. The van der Waals surface area contributed by atoms with Crippen LogP contribution in [0.3, 0.4) is 0 Å². The number of aliphatic hydroxyl groups is 1. The number of Topliss-reactive ketones (excluding diaryl/α,β-unsaturated/α-hetero) is 1. The number of nitrogens with one attached hydrogen (secondary N) is 1. The van der Waals surface area contributed by atoms with E-state index in [1.807, 2.05) is 13.0 Å². The fourth-order valence-electron chi connectivity index (χ4n) is 1.75. The summed E-state index contributed by atoms with van der Waals surface area (Å²) in [4.78, 5) is 11.3. The van der Waals surface area contributed by atoms with Gasteiger partial charge in [-0.05, 0) is 43.9 Å².